The second-order valence-electron chi connectivity index (χ2n) is 1.74. The van der Waals surface area contributed by atoms with Gasteiger partial charge >= 0.3 is 0 Å². The van der Waals surface area contributed by atoms with Gasteiger partial charge in [-0.25, -0.2) is 5.48 Å². The van der Waals surface area contributed by atoms with Crippen molar-refractivity contribution in [1.29, 1.82) is 0 Å². The van der Waals surface area contributed by atoms with Crippen LogP contribution in [-0.4, -0.2) is 26.1 Å². The molecule has 0 aliphatic carbocycles. The van der Waals surface area contributed by atoms with Crippen molar-refractivity contribution in [2.45, 2.75) is 13.0 Å². The van der Waals surface area contributed by atoms with Crippen molar-refractivity contribution in [3.8, 4) is 0 Å². The molecule has 2 N–H and O–H groups in total. The number of nitrogens with one attached hydrogen (secondary N) is 2. The molecular weight excluding hydrogens is 120 g/mol. The maximum absolute atomic E-state index is 9.62. The van der Waals surface area contributed by atoms with E-state index in [1.807, 2.05) is 14.0 Å². The second kappa shape index (κ2) is 5.53. The zero-order chi connectivity index (χ0) is 7.11. The van der Waals surface area contributed by atoms with Crippen molar-refractivity contribution < 1.29 is 9.63 Å². The van der Waals surface area contributed by atoms with E-state index >= 15 is 0 Å². The fraction of sp³-hybridized carbons (Fsp3) is 0.800. The monoisotopic (exact) mass is 132 g/mol. The quantitative estimate of drug-likeness (QED) is 0.294. The SMILES string of the molecule is CN[C@H](C)CONC=O. The Morgan fingerprint density at radius 1 is 1.78 bits per heavy atom. The predicted octanol–water partition coefficient (Wildman–Crippen LogP) is -0.728. The van der Waals surface area contributed by atoms with E-state index in [4.69, 9.17) is 0 Å². The Morgan fingerprint density at radius 2 is 2.44 bits per heavy atom. The fourth-order valence-corrected chi connectivity index (χ4v) is 0.290. The number of hydroxylamine groups is 1. The lowest BCUT2D eigenvalue weighted by Crippen LogP contribution is -2.29. The van der Waals surface area contributed by atoms with E-state index in [9.17, 15) is 4.79 Å². The molecule has 1 amide bonds. The number of likely N-dealkylation sites (N-methyl/N-ethyl adjacent to an activating group) is 1. The Labute approximate surface area is 54.5 Å². The van der Waals surface area contributed by atoms with Gasteiger partial charge in [0.1, 0.15) is 0 Å². The van der Waals surface area contributed by atoms with Crippen LogP contribution in [0.5, 0.6) is 0 Å². The Kier molecular flexibility index (Phi) is 5.15. The average Bonchev–Trinajstić information content (AvgIpc) is 1.89. The molecular formula is C5H12N2O2. The predicted molar refractivity (Wildman–Crippen MR) is 33.7 cm³/mol. The summed E-state index contributed by atoms with van der Waals surface area (Å²) in [5.41, 5.74) is 2.09. The molecule has 0 bridgehead atoms. The minimum Gasteiger partial charge on any atom is -0.315 e. The van der Waals surface area contributed by atoms with Gasteiger partial charge in [0, 0.05) is 6.04 Å². The van der Waals surface area contributed by atoms with Crippen molar-refractivity contribution in [2.75, 3.05) is 13.7 Å². The summed E-state index contributed by atoms with van der Waals surface area (Å²) in [6.45, 7) is 2.43. The molecule has 0 aromatic carbocycles. The summed E-state index contributed by atoms with van der Waals surface area (Å²) in [5.74, 6) is 0. The highest BCUT2D eigenvalue weighted by Gasteiger charge is 1.94. The zero-order valence-corrected chi connectivity index (χ0v) is 5.68. The Bertz CT molecular complexity index is 77.4. The lowest BCUT2D eigenvalue weighted by atomic mass is 10.4. The number of carbonyl (C=O) groups is 1. The van der Waals surface area contributed by atoms with Gasteiger partial charge in [0.05, 0.1) is 6.61 Å². The first-order valence-corrected chi connectivity index (χ1v) is 2.79. The number of hydrogen-bond acceptors (Lipinski definition) is 3. The van der Waals surface area contributed by atoms with Gasteiger partial charge in [-0.3, -0.25) is 9.63 Å². The zero-order valence-electron chi connectivity index (χ0n) is 5.68. The molecule has 0 aliphatic rings. The van der Waals surface area contributed by atoms with Gasteiger partial charge < -0.3 is 5.32 Å². The summed E-state index contributed by atoms with van der Waals surface area (Å²) in [5, 5.41) is 2.94. The molecule has 0 saturated heterocycles. The third-order valence-corrected chi connectivity index (χ3v) is 0.958. The molecule has 4 heteroatoms. The molecule has 0 aromatic rings. The molecule has 0 unspecified atom stereocenters. The average molecular weight is 132 g/mol. The van der Waals surface area contributed by atoms with Crippen LogP contribution in [-0.2, 0) is 9.63 Å². The van der Waals surface area contributed by atoms with Crippen LogP contribution >= 0.6 is 0 Å². The molecule has 1 atom stereocenters. The Balaban J connectivity index is 2.96. The van der Waals surface area contributed by atoms with E-state index in [0.717, 1.165) is 0 Å². The summed E-state index contributed by atoms with van der Waals surface area (Å²) in [7, 11) is 1.83. The molecule has 0 aromatic heterocycles. The van der Waals surface area contributed by atoms with Gasteiger partial charge in [-0.1, -0.05) is 0 Å². The molecule has 0 fully saturated rings. The van der Waals surface area contributed by atoms with Crippen LogP contribution in [0, 0.1) is 0 Å². The van der Waals surface area contributed by atoms with Gasteiger partial charge in [-0.2, -0.15) is 0 Å². The minimum absolute atomic E-state index is 0.262. The number of amides is 1. The van der Waals surface area contributed by atoms with Crippen molar-refractivity contribution in [2.24, 2.45) is 0 Å². The first kappa shape index (κ1) is 8.39. The molecule has 9 heavy (non-hydrogen) atoms. The Hall–Kier alpha value is -0.610. The van der Waals surface area contributed by atoms with E-state index in [2.05, 4.69) is 15.6 Å². The van der Waals surface area contributed by atoms with Crippen molar-refractivity contribution in [1.82, 2.24) is 10.8 Å². The molecule has 0 spiro atoms. The maximum atomic E-state index is 9.62. The van der Waals surface area contributed by atoms with Crippen LogP contribution in [0.2, 0.25) is 0 Å². The standard InChI is InChI=1S/C5H12N2O2/c1-5(6-2)3-9-7-4-8/h4-6H,3H2,1-2H3,(H,7,8)/t5-/m1/s1. The molecule has 54 valence electrons. The number of carbonyl (C=O) groups excluding carboxylic acids is 1. The third-order valence-electron chi connectivity index (χ3n) is 0.958. The summed E-state index contributed by atoms with van der Waals surface area (Å²) in [4.78, 5) is 14.3. The van der Waals surface area contributed by atoms with Crippen molar-refractivity contribution >= 4 is 6.41 Å². The number of hydrogen-bond donors (Lipinski definition) is 2. The first-order chi connectivity index (χ1) is 4.31. The van der Waals surface area contributed by atoms with Gasteiger partial charge in [-0.05, 0) is 14.0 Å². The molecule has 0 aliphatic heterocycles. The first-order valence-electron chi connectivity index (χ1n) is 2.79. The summed E-state index contributed by atoms with van der Waals surface area (Å²) >= 11 is 0. The Morgan fingerprint density at radius 3 is 2.89 bits per heavy atom. The van der Waals surface area contributed by atoms with E-state index in [-0.39, 0.29) is 6.04 Å². The van der Waals surface area contributed by atoms with Crippen molar-refractivity contribution in [3.63, 3.8) is 0 Å². The normalized spacial score (nSPS) is 12.7. The van der Waals surface area contributed by atoms with E-state index in [0.29, 0.717) is 13.0 Å². The van der Waals surface area contributed by atoms with Crippen LogP contribution < -0.4 is 10.8 Å². The maximum Gasteiger partial charge on any atom is 0.230 e. The summed E-state index contributed by atoms with van der Waals surface area (Å²) < 4.78 is 0. The van der Waals surface area contributed by atoms with Crippen LogP contribution in [0.25, 0.3) is 0 Å². The third kappa shape index (κ3) is 5.26. The minimum atomic E-state index is 0.262. The largest absolute Gasteiger partial charge is 0.315 e. The highest BCUT2D eigenvalue weighted by Crippen LogP contribution is 1.76. The number of rotatable bonds is 5. The van der Waals surface area contributed by atoms with Crippen LogP contribution in [0.15, 0.2) is 0 Å². The smallest absolute Gasteiger partial charge is 0.230 e. The topological polar surface area (TPSA) is 50.4 Å². The summed E-state index contributed by atoms with van der Waals surface area (Å²) in [6, 6.07) is 0.262. The summed E-state index contributed by atoms with van der Waals surface area (Å²) in [6.07, 6.45) is 0.502. The van der Waals surface area contributed by atoms with Gasteiger partial charge in [0.25, 0.3) is 0 Å². The van der Waals surface area contributed by atoms with Crippen molar-refractivity contribution in [3.05, 3.63) is 0 Å². The van der Waals surface area contributed by atoms with Crippen LogP contribution in [0.1, 0.15) is 6.92 Å². The van der Waals surface area contributed by atoms with E-state index < -0.39 is 0 Å². The lowest BCUT2D eigenvalue weighted by molar-refractivity contribution is -0.121. The van der Waals surface area contributed by atoms with E-state index in [1.165, 1.54) is 0 Å². The van der Waals surface area contributed by atoms with E-state index in [1.54, 1.807) is 0 Å². The highest BCUT2D eigenvalue weighted by atomic mass is 16.6. The second-order valence-corrected chi connectivity index (χ2v) is 1.74. The fourth-order valence-electron chi connectivity index (χ4n) is 0.290. The van der Waals surface area contributed by atoms with Crippen LogP contribution in [0.3, 0.4) is 0 Å². The van der Waals surface area contributed by atoms with Gasteiger partial charge in [-0.15, -0.1) is 0 Å². The van der Waals surface area contributed by atoms with Crippen LogP contribution in [0.4, 0.5) is 0 Å². The van der Waals surface area contributed by atoms with Gasteiger partial charge in [0.2, 0.25) is 6.41 Å². The van der Waals surface area contributed by atoms with Gasteiger partial charge in [0.15, 0.2) is 0 Å². The molecule has 0 heterocycles. The molecule has 0 radical (unpaired) electrons. The highest BCUT2D eigenvalue weighted by molar-refractivity contribution is 5.43. The molecule has 0 saturated carbocycles. The molecule has 4 nitrogen and oxygen atoms in total. The molecule has 0 rings (SSSR count). The lowest BCUT2D eigenvalue weighted by Gasteiger charge is -2.07.